The normalized spacial score (nSPS) is 12.5. The van der Waals surface area contributed by atoms with E-state index in [9.17, 15) is 13.2 Å². The zero-order valence-electron chi connectivity index (χ0n) is 12.3. The maximum atomic E-state index is 12.9. The van der Waals surface area contributed by atoms with Crippen molar-refractivity contribution in [1.29, 1.82) is 0 Å². The molecule has 0 unspecified atom stereocenters. The Balaban J connectivity index is 2.64. The summed E-state index contributed by atoms with van der Waals surface area (Å²) in [7, 11) is 0. The third kappa shape index (κ3) is 3.38. The van der Waals surface area contributed by atoms with Crippen LogP contribution in [0.5, 0.6) is 0 Å². The summed E-state index contributed by atoms with van der Waals surface area (Å²) in [6.45, 7) is 6.07. The molecule has 2 aromatic carbocycles. The molecule has 2 aromatic rings. The number of nitrogen functional groups attached to an aromatic ring is 1. The SMILES string of the molecule is CC(C)(C)c1ccc(N)cc1-c1cccc(C(F)(F)F)c1. The van der Waals surface area contributed by atoms with Gasteiger partial charge in [-0.2, -0.15) is 13.2 Å². The van der Waals surface area contributed by atoms with Crippen molar-refractivity contribution in [2.75, 3.05) is 5.73 Å². The molecule has 0 bridgehead atoms. The summed E-state index contributed by atoms with van der Waals surface area (Å²) >= 11 is 0. The molecule has 0 saturated carbocycles. The Hall–Kier alpha value is -1.97. The van der Waals surface area contributed by atoms with Crippen LogP contribution in [0.4, 0.5) is 18.9 Å². The highest BCUT2D eigenvalue weighted by Gasteiger charge is 2.30. The monoisotopic (exact) mass is 293 g/mol. The molecule has 0 radical (unpaired) electrons. The van der Waals surface area contributed by atoms with Gasteiger partial charge in [-0.05, 0) is 46.4 Å². The molecule has 0 saturated heterocycles. The molecule has 2 N–H and O–H groups in total. The van der Waals surface area contributed by atoms with Crippen molar-refractivity contribution < 1.29 is 13.2 Å². The van der Waals surface area contributed by atoms with Crippen molar-refractivity contribution in [3.63, 3.8) is 0 Å². The number of anilines is 1. The average molecular weight is 293 g/mol. The molecule has 0 atom stereocenters. The highest BCUT2D eigenvalue weighted by atomic mass is 19.4. The Morgan fingerprint density at radius 1 is 0.905 bits per heavy atom. The highest BCUT2D eigenvalue weighted by molar-refractivity contribution is 5.73. The molecule has 0 fully saturated rings. The number of hydrogen-bond donors (Lipinski definition) is 1. The Labute approximate surface area is 122 Å². The van der Waals surface area contributed by atoms with Crippen LogP contribution in [-0.2, 0) is 11.6 Å². The van der Waals surface area contributed by atoms with Crippen LogP contribution in [0.3, 0.4) is 0 Å². The van der Waals surface area contributed by atoms with Crippen LogP contribution in [0.2, 0.25) is 0 Å². The summed E-state index contributed by atoms with van der Waals surface area (Å²) in [5.41, 5.74) is 7.76. The summed E-state index contributed by atoms with van der Waals surface area (Å²) in [6.07, 6.45) is -4.35. The maximum absolute atomic E-state index is 12.9. The third-order valence-electron chi connectivity index (χ3n) is 3.35. The molecule has 112 valence electrons. The molecular formula is C17H18F3N. The van der Waals surface area contributed by atoms with Crippen molar-refractivity contribution in [3.8, 4) is 11.1 Å². The molecule has 0 spiro atoms. The van der Waals surface area contributed by atoms with Crippen molar-refractivity contribution in [3.05, 3.63) is 53.6 Å². The zero-order chi connectivity index (χ0) is 15.8. The first-order valence-electron chi connectivity index (χ1n) is 6.67. The Morgan fingerprint density at radius 2 is 1.57 bits per heavy atom. The van der Waals surface area contributed by atoms with Crippen molar-refractivity contribution >= 4 is 5.69 Å². The number of hydrogen-bond acceptors (Lipinski definition) is 1. The minimum Gasteiger partial charge on any atom is -0.399 e. The van der Waals surface area contributed by atoms with Gasteiger partial charge in [0.15, 0.2) is 0 Å². The topological polar surface area (TPSA) is 26.0 Å². The molecule has 0 aliphatic rings. The van der Waals surface area contributed by atoms with Crippen LogP contribution in [0.15, 0.2) is 42.5 Å². The fourth-order valence-corrected chi connectivity index (χ4v) is 2.32. The lowest BCUT2D eigenvalue weighted by molar-refractivity contribution is -0.137. The van der Waals surface area contributed by atoms with Crippen LogP contribution < -0.4 is 5.73 Å². The van der Waals surface area contributed by atoms with E-state index < -0.39 is 11.7 Å². The lowest BCUT2D eigenvalue weighted by Gasteiger charge is -2.24. The first-order valence-corrected chi connectivity index (χ1v) is 6.67. The predicted octanol–water partition coefficient (Wildman–Crippen LogP) is 5.25. The fraction of sp³-hybridized carbons (Fsp3) is 0.294. The summed E-state index contributed by atoms with van der Waals surface area (Å²) in [5.74, 6) is 0. The highest BCUT2D eigenvalue weighted by Crippen LogP contribution is 2.37. The molecule has 0 aliphatic carbocycles. The molecule has 21 heavy (non-hydrogen) atoms. The number of halogens is 3. The Morgan fingerprint density at radius 3 is 2.14 bits per heavy atom. The summed E-state index contributed by atoms with van der Waals surface area (Å²) in [5, 5.41) is 0. The molecule has 1 nitrogen and oxygen atoms in total. The minimum absolute atomic E-state index is 0.183. The largest absolute Gasteiger partial charge is 0.416 e. The predicted molar refractivity (Wildman–Crippen MR) is 80.0 cm³/mol. The number of nitrogens with two attached hydrogens (primary N) is 1. The van der Waals surface area contributed by atoms with Crippen LogP contribution in [0.25, 0.3) is 11.1 Å². The maximum Gasteiger partial charge on any atom is 0.416 e. The Bertz CT molecular complexity index is 652. The van der Waals surface area contributed by atoms with Gasteiger partial charge < -0.3 is 5.73 Å². The van der Waals surface area contributed by atoms with Gasteiger partial charge >= 0.3 is 6.18 Å². The van der Waals surface area contributed by atoms with E-state index in [4.69, 9.17) is 5.73 Å². The smallest absolute Gasteiger partial charge is 0.399 e. The van der Waals surface area contributed by atoms with Crippen molar-refractivity contribution in [1.82, 2.24) is 0 Å². The first kappa shape index (κ1) is 15.4. The van der Waals surface area contributed by atoms with Crippen LogP contribution in [0.1, 0.15) is 31.9 Å². The van der Waals surface area contributed by atoms with Gasteiger partial charge in [0.1, 0.15) is 0 Å². The number of alkyl halides is 3. The van der Waals surface area contributed by atoms with Crippen molar-refractivity contribution in [2.45, 2.75) is 32.4 Å². The second kappa shape index (κ2) is 5.10. The Kier molecular flexibility index (Phi) is 3.74. The minimum atomic E-state index is -4.35. The van der Waals surface area contributed by atoms with E-state index in [-0.39, 0.29) is 5.41 Å². The van der Waals surface area contributed by atoms with Crippen molar-refractivity contribution in [2.24, 2.45) is 0 Å². The van der Waals surface area contributed by atoms with Gasteiger partial charge in [-0.15, -0.1) is 0 Å². The van der Waals surface area contributed by atoms with Gasteiger partial charge in [0.05, 0.1) is 5.56 Å². The second-order valence-corrected chi connectivity index (χ2v) is 6.13. The van der Waals surface area contributed by atoms with Crippen LogP contribution >= 0.6 is 0 Å². The van der Waals surface area contributed by atoms with E-state index in [0.717, 1.165) is 17.2 Å². The summed E-state index contributed by atoms with van der Waals surface area (Å²) in [4.78, 5) is 0. The molecular weight excluding hydrogens is 275 g/mol. The molecule has 0 heterocycles. The van der Waals surface area contributed by atoms with Gasteiger partial charge in [0.2, 0.25) is 0 Å². The second-order valence-electron chi connectivity index (χ2n) is 6.13. The van der Waals surface area contributed by atoms with E-state index in [1.165, 1.54) is 12.1 Å². The summed E-state index contributed by atoms with van der Waals surface area (Å²) < 4.78 is 38.6. The summed E-state index contributed by atoms with van der Waals surface area (Å²) in [6, 6.07) is 10.7. The van der Waals surface area contributed by atoms with Gasteiger partial charge in [-0.3, -0.25) is 0 Å². The zero-order valence-corrected chi connectivity index (χ0v) is 12.3. The van der Waals surface area contributed by atoms with E-state index in [2.05, 4.69) is 0 Å². The van der Waals surface area contributed by atoms with Gasteiger partial charge in [0.25, 0.3) is 0 Å². The third-order valence-corrected chi connectivity index (χ3v) is 3.35. The van der Waals surface area contributed by atoms with E-state index in [1.807, 2.05) is 26.8 Å². The number of benzene rings is 2. The van der Waals surface area contributed by atoms with Crippen LogP contribution in [0, 0.1) is 0 Å². The lowest BCUT2D eigenvalue weighted by Crippen LogP contribution is -2.13. The van der Waals surface area contributed by atoms with Crippen LogP contribution in [-0.4, -0.2) is 0 Å². The first-order chi connectivity index (χ1) is 9.59. The van der Waals surface area contributed by atoms with E-state index in [1.54, 1.807) is 18.2 Å². The van der Waals surface area contributed by atoms with Gasteiger partial charge in [-0.1, -0.05) is 39.0 Å². The average Bonchev–Trinajstić information content (AvgIpc) is 2.36. The molecule has 2 rings (SSSR count). The standard InChI is InChI=1S/C17H18F3N/c1-16(2,3)15-8-7-13(21)10-14(15)11-5-4-6-12(9-11)17(18,19)20/h4-10H,21H2,1-3H3. The lowest BCUT2D eigenvalue weighted by atomic mass is 9.81. The van der Waals surface area contributed by atoms with Gasteiger partial charge in [-0.25, -0.2) is 0 Å². The molecule has 0 aromatic heterocycles. The van der Waals surface area contributed by atoms with E-state index in [0.29, 0.717) is 11.3 Å². The fourth-order valence-electron chi connectivity index (χ4n) is 2.32. The molecule has 0 amide bonds. The number of rotatable bonds is 1. The van der Waals surface area contributed by atoms with Gasteiger partial charge in [0, 0.05) is 5.69 Å². The molecule has 4 heteroatoms. The van der Waals surface area contributed by atoms with E-state index >= 15 is 0 Å². The molecule has 0 aliphatic heterocycles. The quantitative estimate of drug-likeness (QED) is 0.714.